The standard InChI is InChI=1S/C23H33NO4/c1-14(25)27-17-9-11-22(3)16(13-17)5-6-18-19-7-8-21(24-28-15(2)26)23(19,4)12-10-20(18)22/h5,17-20H,6-13H2,1-4H3/b24-21+. The highest BCUT2D eigenvalue weighted by Crippen LogP contribution is 2.64. The summed E-state index contributed by atoms with van der Waals surface area (Å²) >= 11 is 0. The van der Waals surface area contributed by atoms with E-state index in [1.54, 1.807) is 0 Å². The Bertz CT molecular complexity index is 741. The highest BCUT2D eigenvalue weighted by Gasteiger charge is 2.58. The summed E-state index contributed by atoms with van der Waals surface area (Å²) in [4.78, 5) is 27.6. The molecule has 0 spiro atoms. The highest BCUT2D eigenvalue weighted by molar-refractivity contribution is 5.92. The van der Waals surface area contributed by atoms with Gasteiger partial charge in [0, 0.05) is 25.7 Å². The molecule has 0 aliphatic heterocycles. The number of oxime groups is 1. The van der Waals surface area contributed by atoms with Crippen LogP contribution in [0.4, 0.5) is 0 Å². The Balaban J connectivity index is 1.56. The molecule has 0 heterocycles. The zero-order valence-corrected chi connectivity index (χ0v) is 17.6. The third kappa shape index (κ3) is 3.11. The van der Waals surface area contributed by atoms with Crippen LogP contribution in [0, 0.1) is 28.6 Å². The minimum atomic E-state index is -0.337. The van der Waals surface area contributed by atoms with Crippen molar-refractivity contribution in [1.29, 1.82) is 0 Å². The molecule has 4 rings (SSSR count). The smallest absolute Gasteiger partial charge is 0.331 e. The van der Waals surface area contributed by atoms with E-state index in [1.807, 2.05) is 0 Å². The first-order valence-electron chi connectivity index (χ1n) is 10.9. The molecule has 6 atom stereocenters. The fourth-order valence-corrected chi connectivity index (χ4v) is 7.02. The SMILES string of the molecule is CC(=O)O/N=C1\CCC2C3CC=C4CC(OC(C)=O)CCC4(C)C3CCC12C. The first-order chi connectivity index (χ1) is 13.2. The van der Waals surface area contributed by atoms with Gasteiger partial charge in [-0.05, 0) is 68.1 Å². The molecule has 0 amide bonds. The van der Waals surface area contributed by atoms with Gasteiger partial charge in [-0.3, -0.25) is 4.79 Å². The van der Waals surface area contributed by atoms with E-state index in [0.717, 1.165) is 50.7 Å². The molecule has 0 aromatic carbocycles. The van der Waals surface area contributed by atoms with Gasteiger partial charge in [0.15, 0.2) is 0 Å². The maximum Gasteiger partial charge on any atom is 0.331 e. The lowest BCUT2D eigenvalue weighted by atomic mass is 9.48. The zero-order valence-electron chi connectivity index (χ0n) is 17.6. The van der Waals surface area contributed by atoms with Crippen LogP contribution < -0.4 is 0 Å². The molecule has 0 radical (unpaired) electrons. The summed E-state index contributed by atoms with van der Waals surface area (Å²) in [6.45, 7) is 7.71. The molecule has 5 nitrogen and oxygen atoms in total. The van der Waals surface area contributed by atoms with Crippen LogP contribution in [0.3, 0.4) is 0 Å². The molecule has 3 fully saturated rings. The molecular weight excluding hydrogens is 354 g/mol. The topological polar surface area (TPSA) is 65.0 Å². The van der Waals surface area contributed by atoms with E-state index < -0.39 is 0 Å². The molecule has 6 unspecified atom stereocenters. The second-order valence-corrected chi connectivity index (χ2v) is 9.85. The van der Waals surface area contributed by atoms with Crippen molar-refractivity contribution in [2.24, 2.45) is 33.7 Å². The monoisotopic (exact) mass is 387 g/mol. The summed E-state index contributed by atoms with van der Waals surface area (Å²) in [5, 5.41) is 4.26. The van der Waals surface area contributed by atoms with Crippen LogP contribution in [-0.2, 0) is 19.2 Å². The number of hydrogen-bond acceptors (Lipinski definition) is 5. The minimum absolute atomic E-state index is 0.0520. The molecule has 4 aliphatic rings. The van der Waals surface area contributed by atoms with E-state index in [1.165, 1.54) is 25.8 Å². The fourth-order valence-electron chi connectivity index (χ4n) is 7.02. The van der Waals surface area contributed by atoms with Crippen molar-refractivity contribution in [3.05, 3.63) is 11.6 Å². The van der Waals surface area contributed by atoms with Crippen molar-refractivity contribution in [1.82, 2.24) is 0 Å². The predicted molar refractivity (Wildman–Crippen MR) is 106 cm³/mol. The minimum Gasteiger partial charge on any atom is -0.462 e. The van der Waals surface area contributed by atoms with Crippen molar-refractivity contribution < 1.29 is 19.2 Å². The maximum absolute atomic E-state index is 11.4. The number of esters is 1. The van der Waals surface area contributed by atoms with E-state index in [-0.39, 0.29) is 28.9 Å². The van der Waals surface area contributed by atoms with E-state index >= 15 is 0 Å². The molecule has 0 aromatic heterocycles. The fraction of sp³-hybridized carbons (Fsp3) is 0.783. The van der Waals surface area contributed by atoms with Crippen LogP contribution in [0.15, 0.2) is 16.8 Å². The van der Waals surface area contributed by atoms with E-state index in [4.69, 9.17) is 9.57 Å². The van der Waals surface area contributed by atoms with Gasteiger partial charge in [0.05, 0.1) is 5.71 Å². The first-order valence-corrected chi connectivity index (χ1v) is 10.9. The van der Waals surface area contributed by atoms with Gasteiger partial charge >= 0.3 is 11.9 Å². The lowest BCUT2D eigenvalue weighted by Gasteiger charge is -2.57. The molecule has 154 valence electrons. The van der Waals surface area contributed by atoms with Gasteiger partial charge in [-0.25, -0.2) is 4.79 Å². The average molecular weight is 388 g/mol. The largest absolute Gasteiger partial charge is 0.462 e. The van der Waals surface area contributed by atoms with Crippen LogP contribution >= 0.6 is 0 Å². The Hall–Kier alpha value is -1.65. The van der Waals surface area contributed by atoms with Gasteiger partial charge in [-0.2, -0.15) is 0 Å². The highest BCUT2D eigenvalue weighted by atomic mass is 16.7. The Labute approximate surface area is 167 Å². The van der Waals surface area contributed by atoms with Crippen LogP contribution in [-0.4, -0.2) is 23.8 Å². The number of hydrogen-bond donors (Lipinski definition) is 0. The van der Waals surface area contributed by atoms with Gasteiger partial charge in [0.1, 0.15) is 6.10 Å². The van der Waals surface area contributed by atoms with E-state index in [2.05, 4.69) is 25.1 Å². The van der Waals surface area contributed by atoms with Crippen molar-refractivity contribution in [2.75, 3.05) is 0 Å². The van der Waals surface area contributed by atoms with Crippen molar-refractivity contribution >= 4 is 17.7 Å². The number of fused-ring (bicyclic) bond motifs is 5. The first kappa shape index (κ1) is 19.7. The summed E-state index contributed by atoms with van der Waals surface area (Å²) in [5.74, 6) is 1.47. The van der Waals surface area contributed by atoms with Crippen LogP contribution in [0.1, 0.15) is 79.1 Å². The summed E-state index contributed by atoms with van der Waals surface area (Å²) in [5.41, 5.74) is 2.90. The van der Waals surface area contributed by atoms with Gasteiger partial charge in [0.2, 0.25) is 0 Å². The van der Waals surface area contributed by atoms with Crippen LogP contribution in [0.25, 0.3) is 0 Å². The number of allylic oxidation sites excluding steroid dienone is 1. The normalized spacial score (nSPS) is 43.4. The van der Waals surface area contributed by atoms with Gasteiger partial charge in [0.25, 0.3) is 0 Å². The number of carbonyl (C=O) groups excluding carboxylic acids is 2. The molecule has 0 N–H and O–H groups in total. The van der Waals surface area contributed by atoms with Gasteiger partial charge < -0.3 is 9.57 Å². The predicted octanol–water partition coefficient (Wildman–Crippen LogP) is 4.80. The number of ether oxygens (including phenoxy) is 1. The summed E-state index contributed by atoms with van der Waals surface area (Å²) < 4.78 is 5.53. The molecule has 4 aliphatic carbocycles. The quantitative estimate of drug-likeness (QED) is 0.295. The Kier molecular flexibility index (Phi) is 4.91. The molecule has 0 bridgehead atoms. The lowest BCUT2D eigenvalue weighted by Crippen LogP contribution is -2.50. The molecule has 5 heteroatoms. The van der Waals surface area contributed by atoms with Gasteiger partial charge in [-0.1, -0.05) is 30.7 Å². The van der Waals surface area contributed by atoms with Crippen molar-refractivity contribution in [2.45, 2.75) is 85.2 Å². The number of nitrogens with zero attached hydrogens (tertiary/aromatic N) is 1. The molecule has 28 heavy (non-hydrogen) atoms. The second kappa shape index (κ2) is 7.00. The third-order valence-corrected chi connectivity index (χ3v) is 8.42. The second-order valence-electron chi connectivity index (χ2n) is 9.85. The summed E-state index contributed by atoms with van der Waals surface area (Å²) in [6.07, 6.45) is 11.0. The average Bonchev–Trinajstić information content (AvgIpc) is 2.96. The van der Waals surface area contributed by atoms with Crippen molar-refractivity contribution in [3.63, 3.8) is 0 Å². The van der Waals surface area contributed by atoms with Gasteiger partial charge in [-0.15, -0.1) is 0 Å². The molecule has 3 saturated carbocycles. The third-order valence-electron chi connectivity index (χ3n) is 8.42. The molecule has 0 aromatic rings. The number of carbonyl (C=O) groups is 2. The molecule has 0 saturated heterocycles. The van der Waals surface area contributed by atoms with Crippen LogP contribution in [0.5, 0.6) is 0 Å². The summed E-state index contributed by atoms with van der Waals surface area (Å²) in [6, 6.07) is 0. The number of rotatable bonds is 2. The summed E-state index contributed by atoms with van der Waals surface area (Å²) in [7, 11) is 0. The Morgan fingerprint density at radius 1 is 1.04 bits per heavy atom. The van der Waals surface area contributed by atoms with E-state index in [0.29, 0.717) is 17.8 Å². The van der Waals surface area contributed by atoms with E-state index in [9.17, 15) is 9.59 Å². The maximum atomic E-state index is 11.4. The Morgan fingerprint density at radius 3 is 2.46 bits per heavy atom. The Morgan fingerprint density at radius 2 is 1.75 bits per heavy atom. The zero-order chi connectivity index (χ0) is 20.1. The molecular formula is C23H33NO4. The van der Waals surface area contributed by atoms with Crippen LogP contribution in [0.2, 0.25) is 0 Å². The van der Waals surface area contributed by atoms with Crippen molar-refractivity contribution in [3.8, 4) is 0 Å². The lowest BCUT2D eigenvalue weighted by molar-refractivity contribution is -0.148.